The molecule has 7 nitrogen and oxygen atoms in total. The van der Waals surface area contributed by atoms with Crippen LogP contribution in [0.3, 0.4) is 0 Å². The van der Waals surface area contributed by atoms with Crippen molar-refractivity contribution in [1.29, 1.82) is 0 Å². The molecule has 0 saturated carbocycles. The van der Waals surface area contributed by atoms with Gasteiger partial charge >= 0.3 is 0 Å². The maximum absolute atomic E-state index is 13.1. The number of likely N-dealkylation sites (tertiary alicyclic amines) is 1. The third-order valence-electron chi connectivity index (χ3n) is 7.00. The normalized spacial score (nSPS) is 17.4. The van der Waals surface area contributed by atoms with Crippen molar-refractivity contribution in [3.63, 3.8) is 0 Å². The number of hydrogen-bond donors (Lipinski definition) is 1. The summed E-state index contributed by atoms with van der Waals surface area (Å²) in [6, 6.07) is 18.3. The van der Waals surface area contributed by atoms with Crippen LogP contribution in [0.1, 0.15) is 35.9 Å². The Morgan fingerprint density at radius 1 is 1.03 bits per heavy atom. The molecule has 0 atom stereocenters. The van der Waals surface area contributed by atoms with Gasteiger partial charge in [0.05, 0.1) is 6.54 Å². The van der Waals surface area contributed by atoms with Crippen molar-refractivity contribution in [2.75, 3.05) is 26.2 Å². The minimum Gasteiger partial charge on any atom is -0.358 e. The van der Waals surface area contributed by atoms with Gasteiger partial charge in [-0.25, -0.2) is 0 Å². The van der Waals surface area contributed by atoms with Gasteiger partial charge in [0.25, 0.3) is 0 Å². The Hall–Kier alpha value is -3.45. The molecule has 4 heterocycles. The summed E-state index contributed by atoms with van der Waals surface area (Å²) in [5, 5.41) is 5.40. The van der Waals surface area contributed by atoms with Crippen LogP contribution in [0.2, 0.25) is 0 Å². The molecule has 1 saturated heterocycles. The lowest BCUT2D eigenvalue weighted by molar-refractivity contribution is -0.133. The zero-order chi connectivity index (χ0) is 22.2. The van der Waals surface area contributed by atoms with Crippen molar-refractivity contribution in [2.45, 2.75) is 31.7 Å². The van der Waals surface area contributed by atoms with Gasteiger partial charge in [0.2, 0.25) is 17.6 Å². The van der Waals surface area contributed by atoms with Crippen LogP contribution in [-0.4, -0.2) is 57.0 Å². The van der Waals surface area contributed by atoms with E-state index in [4.69, 9.17) is 4.52 Å². The number of aromatic amines is 1. The zero-order valence-electron chi connectivity index (χ0n) is 18.5. The van der Waals surface area contributed by atoms with E-state index in [1.165, 1.54) is 16.6 Å². The molecule has 33 heavy (non-hydrogen) atoms. The Bertz CT molecular complexity index is 1270. The molecule has 2 aliphatic rings. The van der Waals surface area contributed by atoms with Gasteiger partial charge in [-0.2, -0.15) is 4.98 Å². The molecule has 2 aliphatic heterocycles. The molecule has 0 aliphatic carbocycles. The number of amides is 1. The van der Waals surface area contributed by atoms with E-state index in [1.54, 1.807) is 0 Å². The number of piperidine rings is 1. The number of carbonyl (C=O) groups excluding carboxylic acids is 1. The van der Waals surface area contributed by atoms with Crippen LogP contribution in [-0.2, 0) is 17.8 Å². The lowest BCUT2D eigenvalue weighted by atomic mass is 9.96. The predicted octanol–water partition coefficient (Wildman–Crippen LogP) is 3.98. The molecule has 1 fully saturated rings. The molecule has 2 aromatic carbocycles. The minimum atomic E-state index is 0.216. The molecule has 0 spiro atoms. The standard InChI is InChI=1S/C26H27N5O2/c32-24(31-15-12-23-21(16-31)20-8-4-5-9-22(20)27-23)17-30-13-10-19(11-14-30)26-28-25(29-33-26)18-6-2-1-3-7-18/h1-9,19,27H,10-17H2. The molecule has 0 radical (unpaired) electrons. The van der Waals surface area contributed by atoms with Crippen molar-refractivity contribution in [3.8, 4) is 11.4 Å². The Labute approximate surface area is 192 Å². The molecule has 1 amide bonds. The van der Waals surface area contributed by atoms with Crippen molar-refractivity contribution < 1.29 is 9.32 Å². The Morgan fingerprint density at radius 2 is 1.82 bits per heavy atom. The average molecular weight is 442 g/mol. The van der Waals surface area contributed by atoms with E-state index in [0.717, 1.165) is 50.0 Å². The summed E-state index contributed by atoms with van der Waals surface area (Å²) in [6.07, 6.45) is 2.74. The van der Waals surface area contributed by atoms with E-state index in [1.807, 2.05) is 41.3 Å². The number of rotatable bonds is 4. The first-order valence-electron chi connectivity index (χ1n) is 11.7. The summed E-state index contributed by atoms with van der Waals surface area (Å²) in [5.41, 5.74) is 4.68. The van der Waals surface area contributed by atoms with E-state index in [2.05, 4.69) is 38.2 Å². The summed E-state index contributed by atoms with van der Waals surface area (Å²) in [4.78, 5) is 25.5. The highest BCUT2D eigenvalue weighted by Gasteiger charge is 2.29. The average Bonchev–Trinajstić information content (AvgIpc) is 3.50. The quantitative estimate of drug-likeness (QED) is 0.518. The van der Waals surface area contributed by atoms with Gasteiger partial charge in [-0.1, -0.05) is 53.7 Å². The second-order valence-corrected chi connectivity index (χ2v) is 9.07. The van der Waals surface area contributed by atoms with Crippen molar-refractivity contribution in [1.82, 2.24) is 24.9 Å². The maximum Gasteiger partial charge on any atom is 0.237 e. The van der Waals surface area contributed by atoms with Gasteiger partial charge in [-0.3, -0.25) is 9.69 Å². The molecule has 6 rings (SSSR count). The number of fused-ring (bicyclic) bond motifs is 3. The van der Waals surface area contributed by atoms with E-state index in [9.17, 15) is 4.79 Å². The molecule has 7 heteroatoms. The summed E-state index contributed by atoms with van der Waals surface area (Å²) >= 11 is 0. The number of nitrogens with zero attached hydrogens (tertiary/aromatic N) is 4. The fourth-order valence-corrected chi connectivity index (χ4v) is 5.11. The second kappa shape index (κ2) is 8.48. The smallest absolute Gasteiger partial charge is 0.237 e. The maximum atomic E-state index is 13.1. The molecule has 2 aromatic heterocycles. The van der Waals surface area contributed by atoms with Crippen LogP contribution in [0.25, 0.3) is 22.3 Å². The van der Waals surface area contributed by atoms with Gasteiger partial charge in [0.15, 0.2) is 0 Å². The van der Waals surface area contributed by atoms with Crippen LogP contribution in [0.4, 0.5) is 0 Å². The Morgan fingerprint density at radius 3 is 2.67 bits per heavy atom. The largest absolute Gasteiger partial charge is 0.358 e. The summed E-state index contributed by atoms with van der Waals surface area (Å²) in [7, 11) is 0. The van der Waals surface area contributed by atoms with Crippen molar-refractivity contribution >= 4 is 16.8 Å². The third-order valence-corrected chi connectivity index (χ3v) is 7.00. The van der Waals surface area contributed by atoms with Crippen molar-refractivity contribution in [2.24, 2.45) is 0 Å². The van der Waals surface area contributed by atoms with E-state index >= 15 is 0 Å². The van der Waals surface area contributed by atoms with Crippen LogP contribution in [0.5, 0.6) is 0 Å². The second-order valence-electron chi connectivity index (χ2n) is 9.07. The number of aromatic nitrogens is 3. The van der Waals surface area contributed by atoms with Gasteiger partial charge in [-0.15, -0.1) is 0 Å². The number of hydrogen-bond acceptors (Lipinski definition) is 5. The van der Waals surface area contributed by atoms with Crippen molar-refractivity contribution in [3.05, 3.63) is 71.7 Å². The van der Waals surface area contributed by atoms with E-state index < -0.39 is 0 Å². The molecule has 0 unspecified atom stereocenters. The fraction of sp³-hybridized carbons (Fsp3) is 0.346. The molecule has 1 N–H and O–H groups in total. The Balaban J connectivity index is 1.05. The highest BCUT2D eigenvalue weighted by atomic mass is 16.5. The van der Waals surface area contributed by atoms with Crippen LogP contribution < -0.4 is 0 Å². The summed E-state index contributed by atoms with van der Waals surface area (Å²) < 4.78 is 5.57. The van der Waals surface area contributed by atoms with Gasteiger partial charge in [-0.05, 0) is 32.0 Å². The monoisotopic (exact) mass is 441 g/mol. The number of nitrogens with one attached hydrogen (secondary N) is 1. The predicted molar refractivity (Wildman–Crippen MR) is 126 cm³/mol. The van der Waals surface area contributed by atoms with E-state index in [0.29, 0.717) is 24.8 Å². The zero-order valence-corrected chi connectivity index (χ0v) is 18.5. The third kappa shape index (κ3) is 3.93. The molecule has 168 valence electrons. The lowest BCUT2D eigenvalue weighted by Gasteiger charge is -2.33. The number of para-hydroxylation sites is 1. The van der Waals surface area contributed by atoms with Gasteiger partial charge < -0.3 is 14.4 Å². The Kier molecular flexibility index (Phi) is 5.19. The van der Waals surface area contributed by atoms with Crippen LogP contribution >= 0.6 is 0 Å². The fourth-order valence-electron chi connectivity index (χ4n) is 5.11. The summed E-state index contributed by atoms with van der Waals surface area (Å²) in [5.74, 6) is 1.83. The number of H-pyrrole nitrogens is 1. The van der Waals surface area contributed by atoms with Crippen LogP contribution in [0, 0.1) is 0 Å². The lowest BCUT2D eigenvalue weighted by Crippen LogP contribution is -2.44. The highest BCUT2D eigenvalue weighted by Crippen LogP contribution is 2.30. The molecule has 0 bridgehead atoms. The van der Waals surface area contributed by atoms with Gasteiger partial charge in [0.1, 0.15) is 0 Å². The highest BCUT2D eigenvalue weighted by molar-refractivity contribution is 5.86. The minimum absolute atomic E-state index is 0.216. The number of benzene rings is 2. The number of carbonyl (C=O) groups is 1. The first-order valence-corrected chi connectivity index (χ1v) is 11.7. The molecule has 4 aromatic rings. The topological polar surface area (TPSA) is 78.3 Å². The molecular weight excluding hydrogens is 414 g/mol. The van der Waals surface area contributed by atoms with Crippen LogP contribution in [0.15, 0.2) is 59.1 Å². The molecular formula is C26H27N5O2. The van der Waals surface area contributed by atoms with E-state index in [-0.39, 0.29) is 11.8 Å². The van der Waals surface area contributed by atoms with Gasteiger partial charge in [0, 0.05) is 53.2 Å². The first kappa shape index (κ1) is 20.2. The summed E-state index contributed by atoms with van der Waals surface area (Å²) in [6.45, 7) is 3.68. The SMILES string of the molecule is O=C(CN1CCC(c2nc(-c3ccccc3)no2)CC1)N1CCc2[nH]c3ccccc3c2C1. The first-order chi connectivity index (χ1) is 16.2.